The first-order valence-corrected chi connectivity index (χ1v) is 9.99. The van der Waals surface area contributed by atoms with Gasteiger partial charge in [0.15, 0.2) is 8.29 Å². The van der Waals surface area contributed by atoms with Crippen LogP contribution in [0.1, 0.15) is 17.4 Å². The second-order valence-corrected chi connectivity index (χ2v) is 8.34. The number of aryl methyl sites for hydroxylation is 2. The van der Waals surface area contributed by atoms with Crippen molar-refractivity contribution in [2.45, 2.75) is 23.9 Å². The molecule has 9 heteroatoms. The first-order valence-electron chi connectivity index (χ1n) is 7.78. The van der Waals surface area contributed by atoms with E-state index in [4.69, 9.17) is 21.1 Å². The van der Waals surface area contributed by atoms with Crippen molar-refractivity contribution in [2.75, 3.05) is 0 Å². The minimum atomic E-state index is 0.470. The number of rotatable bonds is 5. The zero-order valence-corrected chi connectivity index (χ0v) is 16.5. The summed E-state index contributed by atoms with van der Waals surface area (Å²) in [6.45, 7) is 3.77. The highest BCUT2D eigenvalue weighted by molar-refractivity contribution is 8.00. The molecule has 3 aromatic heterocycles. The largest absolute Gasteiger partial charge is 0.466 e. The Bertz CT molecular complexity index is 1090. The van der Waals surface area contributed by atoms with Crippen LogP contribution in [0.5, 0.6) is 0 Å². The highest BCUT2D eigenvalue weighted by atomic mass is 32.2. The Morgan fingerprint density at radius 1 is 1.15 bits per heavy atom. The summed E-state index contributed by atoms with van der Waals surface area (Å²) in [5.74, 6) is 3.12. The van der Waals surface area contributed by atoms with Gasteiger partial charge in [0, 0.05) is 0 Å². The highest BCUT2D eigenvalue weighted by Crippen LogP contribution is 2.29. The lowest BCUT2D eigenvalue weighted by Gasteiger charge is -1.98. The minimum Gasteiger partial charge on any atom is -0.466 e. The summed E-state index contributed by atoms with van der Waals surface area (Å²) in [5.41, 5.74) is 1.78. The molecule has 0 aliphatic carbocycles. The van der Waals surface area contributed by atoms with Crippen molar-refractivity contribution in [1.29, 1.82) is 0 Å². The number of nitrogens with zero attached hydrogens (tertiary/aromatic N) is 4. The zero-order chi connectivity index (χ0) is 18.1. The van der Waals surface area contributed by atoms with Crippen molar-refractivity contribution >= 4 is 35.3 Å². The maximum Gasteiger partial charge on any atom is 0.251 e. The molecule has 132 valence electrons. The van der Waals surface area contributed by atoms with E-state index in [1.165, 1.54) is 23.1 Å². The lowest BCUT2D eigenvalue weighted by molar-refractivity contribution is 0.499. The van der Waals surface area contributed by atoms with Gasteiger partial charge in [0.25, 0.3) is 5.89 Å². The number of para-hydroxylation sites is 1. The van der Waals surface area contributed by atoms with Gasteiger partial charge in [-0.2, -0.15) is 0 Å². The maximum absolute atomic E-state index is 5.75. The van der Waals surface area contributed by atoms with E-state index in [1.54, 1.807) is 4.68 Å². The molecule has 4 rings (SSSR count). The fourth-order valence-electron chi connectivity index (χ4n) is 2.44. The van der Waals surface area contributed by atoms with Crippen molar-refractivity contribution in [3.8, 4) is 17.1 Å². The van der Waals surface area contributed by atoms with Crippen LogP contribution in [0.3, 0.4) is 0 Å². The van der Waals surface area contributed by atoms with Gasteiger partial charge in [0.05, 0.1) is 17.0 Å². The van der Waals surface area contributed by atoms with Crippen molar-refractivity contribution in [3.05, 3.63) is 57.8 Å². The number of thioether (sulfide) groups is 1. The van der Waals surface area contributed by atoms with Crippen LogP contribution in [0.4, 0.5) is 0 Å². The van der Waals surface area contributed by atoms with Crippen molar-refractivity contribution in [3.63, 3.8) is 0 Å². The van der Waals surface area contributed by atoms with Gasteiger partial charge in [-0.15, -0.1) is 15.3 Å². The molecular weight excluding hydrogens is 388 g/mol. The van der Waals surface area contributed by atoms with E-state index in [9.17, 15) is 0 Å². The number of aromatic nitrogens is 4. The molecule has 0 fully saturated rings. The molecule has 1 aromatic carbocycles. The van der Waals surface area contributed by atoms with E-state index in [-0.39, 0.29) is 0 Å². The quantitative estimate of drug-likeness (QED) is 0.335. The summed E-state index contributed by atoms with van der Waals surface area (Å²) in [5, 5.41) is 12.8. The topological polar surface area (TPSA) is 69.9 Å². The van der Waals surface area contributed by atoms with Gasteiger partial charge < -0.3 is 8.83 Å². The van der Waals surface area contributed by atoms with Crippen molar-refractivity contribution in [2.24, 2.45) is 0 Å². The first-order chi connectivity index (χ1) is 12.6. The average molecular weight is 403 g/mol. The number of hydrogen-bond donors (Lipinski definition) is 0. The first kappa shape index (κ1) is 17.2. The van der Waals surface area contributed by atoms with E-state index in [2.05, 4.69) is 15.3 Å². The van der Waals surface area contributed by atoms with Crippen LogP contribution in [0.2, 0.25) is 0 Å². The summed E-state index contributed by atoms with van der Waals surface area (Å²) in [6, 6.07) is 11.7. The van der Waals surface area contributed by atoms with Crippen LogP contribution in [-0.4, -0.2) is 20.0 Å². The average Bonchev–Trinajstić information content (AvgIpc) is 3.32. The fraction of sp³-hybridized carbons (Fsp3) is 0.176. The molecule has 6 nitrogen and oxygen atoms in total. The Labute approximate surface area is 162 Å². The lowest BCUT2D eigenvalue weighted by Crippen LogP contribution is -1.95. The lowest BCUT2D eigenvalue weighted by atomic mass is 10.2. The van der Waals surface area contributed by atoms with Gasteiger partial charge in [-0.25, -0.2) is 4.68 Å². The van der Waals surface area contributed by atoms with Crippen LogP contribution < -0.4 is 0 Å². The predicted octanol–water partition coefficient (Wildman–Crippen LogP) is 5.22. The minimum absolute atomic E-state index is 0.470. The van der Waals surface area contributed by atoms with E-state index in [0.29, 0.717) is 21.5 Å². The summed E-state index contributed by atoms with van der Waals surface area (Å²) in [4.78, 5) is 0. The standard InChI is InChI=1S/C17H14N4O2S3/c1-10-8-13(11(2)22-10)15-19-18-14(23-15)9-25-16-20-21(17(24)26-16)12-6-4-3-5-7-12/h3-8H,9H2,1-2H3. The third kappa shape index (κ3) is 3.50. The molecule has 0 unspecified atom stereocenters. The third-order valence-electron chi connectivity index (χ3n) is 3.59. The Kier molecular flexibility index (Phi) is 4.75. The molecule has 26 heavy (non-hydrogen) atoms. The molecule has 0 saturated carbocycles. The molecule has 0 saturated heterocycles. The molecule has 4 aromatic rings. The van der Waals surface area contributed by atoms with Gasteiger partial charge in [-0.1, -0.05) is 41.3 Å². The molecular formula is C17H14N4O2S3. The van der Waals surface area contributed by atoms with E-state index in [0.717, 1.165) is 27.1 Å². The van der Waals surface area contributed by atoms with Gasteiger partial charge in [-0.3, -0.25) is 0 Å². The van der Waals surface area contributed by atoms with Crippen LogP contribution in [0.15, 0.2) is 49.6 Å². The van der Waals surface area contributed by atoms with E-state index < -0.39 is 0 Å². The highest BCUT2D eigenvalue weighted by Gasteiger charge is 2.15. The fourth-order valence-corrected chi connectivity index (χ4v) is 4.64. The van der Waals surface area contributed by atoms with Crippen molar-refractivity contribution in [1.82, 2.24) is 20.0 Å². The molecule has 0 aliphatic heterocycles. The Balaban J connectivity index is 1.49. The summed E-state index contributed by atoms with van der Waals surface area (Å²) < 4.78 is 14.6. The predicted molar refractivity (Wildman–Crippen MR) is 103 cm³/mol. The summed E-state index contributed by atoms with van der Waals surface area (Å²) in [7, 11) is 0. The van der Waals surface area contributed by atoms with Crippen LogP contribution in [0, 0.1) is 17.8 Å². The molecule has 0 aliphatic rings. The smallest absolute Gasteiger partial charge is 0.251 e. The molecule has 0 radical (unpaired) electrons. The van der Waals surface area contributed by atoms with E-state index in [1.807, 2.05) is 50.2 Å². The SMILES string of the molecule is Cc1cc(-c2nnc(CSc3nn(-c4ccccc4)c(=S)s3)o2)c(C)o1. The zero-order valence-electron chi connectivity index (χ0n) is 14.0. The molecule has 0 bridgehead atoms. The second kappa shape index (κ2) is 7.18. The van der Waals surface area contributed by atoms with E-state index >= 15 is 0 Å². The van der Waals surface area contributed by atoms with Gasteiger partial charge >= 0.3 is 0 Å². The van der Waals surface area contributed by atoms with Gasteiger partial charge in [0.2, 0.25) is 5.89 Å². The summed E-state index contributed by atoms with van der Waals surface area (Å²) in [6.07, 6.45) is 0. The van der Waals surface area contributed by atoms with Crippen molar-refractivity contribution < 1.29 is 8.83 Å². The Hall–Kier alpha value is -2.23. The second-order valence-electron chi connectivity index (χ2n) is 5.50. The molecule has 0 N–H and O–H groups in total. The number of benzene rings is 1. The summed E-state index contributed by atoms with van der Waals surface area (Å²) >= 11 is 8.40. The molecule has 3 heterocycles. The Morgan fingerprint density at radius 3 is 2.69 bits per heavy atom. The van der Waals surface area contributed by atoms with Crippen LogP contribution in [-0.2, 0) is 5.75 Å². The van der Waals surface area contributed by atoms with Gasteiger partial charge in [0.1, 0.15) is 11.5 Å². The maximum atomic E-state index is 5.75. The third-order valence-corrected chi connectivity index (χ3v) is 5.94. The number of hydrogen-bond acceptors (Lipinski definition) is 8. The normalized spacial score (nSPS) is 11.2. The van der Waals surface area contributed by atoms with Crippen LogP contribution in [0.25, 0.3) is 17.1 Å². The molecule has 0 atom stereocenters. The molecule has 0 amide bonds. The number of furan rings is 1. The molecule has 0 spiro atoms. The van der Waals surface area contributed by atoms with Gasteiger partial charge in [-0.05, 0) is 44.3 Å². The monoisotopic (exact) mass is 402 g/mol. The Morgan fingerprint density at radius 2 is 1.96 bits per heavy atom. The van der Waals surface area contributed by atoms with Crippen LogP contribution >= 0.6 is 35.3 Å².